The number of aromatic nitrogens is 2. The number of aliphatic hydroxyl groups is 1. The molecule has 3 atom stereocenters. The zero-order chi connectivity index (χ0) is 18.8. The number of aliphatic hydroxyl groups excluding tert-OH is 1. The van der Waals surface area contributed by atoms with Gasteiger partial charge in [0.1, 0.15) is 17.8 Å². The van der Waals surface area contributed by atoms with Crippen molar-refractivity contribution in [1.29, 1.82) is 0 Å². The van der Waals surface area contributed by atoms with Crippen LogP contribution < -0.4 is 5.32 Å². The number of amides is 1. The highest BCUT2D eigenvalue weighted by Crippen LogP contribution is 2.29. The molecule has 1 aliphatic rings. The summed E-state index contributed by atoms with van der Waals surface area (Å²) in [5, 5.41) is 13.4. The fraction of sp³-hybridized carbons (Fsp3) is 0.333. The van der Waals surface area contributed by atoms with E-state index in [0.29, 0.717) is 17.7 Å². The molecule has 1 amide bonds. The molecule has 1 saturated carbocycles. The normalized spacial score (nSPS) is 22.1. The maximum atomic E-state index is 12.3. The van der Waals surface area contributed by atoms with E-state index in [0.717, 1.165) is 24.4 Å². The van der Waals surface area contributed by atoms with Crippen LogP contribution in [0, 0.1) is 12.8 Å². The first kappa shape index (κ1) is 17.5. The summed E-state index contributed by atoms with van der Waals surface area (Å²) in [5.41, 5.74) is 1.56. The molecule has 3 aromatic rings. The van der Waals surface area contributed by atoms with Crippen LogP contribution in [0.4, 0.5) is 0 Å². The Kier molecular flexibility index (Phi) is 4.81. The molecule has 0 radical (unpaired) electrons. The molecule has 1 unspecified atom stereocenters. The fourth-order valence-corrected chi connectivity index (χ4v) is 3.82. The molecule has 6 nitrogen and oxygen atoms in total. The minimum absolute atomic E-state index is 0.204. The number of aryl methyl sites for hydroxylation is 1. The molecular weight excluding hydrogens is 342 g/mol. The number of benzene rings is 1. The Hall–Kier alpha value is -2.86. The van der Waals surface area contributed by atoms with Crippen LogP contribution >= 0.6 is 0 Å². The Balaban J connectivity index is 1.41. The molecule has 2 aromatic heterocycles. The van der Waals surface area contributed by atoms with Crippen LogP contribution in [0.2, 0.25) is 0 Å². The van der Waals surface area contributed by atoms with Gasteiger partial charge >= 0.3 is 0 Å². The SMILES string of the molecule is Cc1cc(C(=O)N[C@@H]2CC(Cn3ccnc3-c3ccccc3)C[C@H]2O)co1. The largest absolute Gasteiger partial charge is 0.469 e. The second-order valence-electron chi connectivity index (χ2n) is 7.20. The molecule has 1 fully saturated rings. The van der Waals surface area contributed by atoms with Gasteiger partial charge in [-0.05, 0) is 31.7 Å². The summed E-state index contributed by atoms with van der Waals surface area (Å²) >= 11 is 0. The van der Waals surface area contributed by atoms with E-state index >= 15 is 0 Å². The number of nitrogens with one attached hydrogen (secondary N) is 1. The zero-order valence-corrected chi connectivity index (χ0v) is 15.2. The van der Waals surface area contributed by atoms with Crippen molar-refractivity contribution in [3.63, 3.8) is 0 Å². The minimum atomic E-state index is -0.546. The third kappa shape index (κ3) is 3.80. The molecule has 1 aliphatic carbocycles. The Bertz CT molecular complexity index is 916. The lowest BCUT2D eigenvalue weighted by atomic mass is 10.1. The summed E-state index contributed by atoms with van der Waals surface area (Å²) in [4.78, 5) is 16.8. The number of hydrogen-bond acceptors (Lipinski definition) is 4. The van der Waals surface area contributed by atoms with Gasteiger partial charge in [-0.3, -0.25) is 4.79 Å². The van der Waals surface area contributed by atoms with Crippen LogP contribution in [0.25, 0.3) is 11.4 Å². The monoisotopic (exact) mass is 365 g/mol. The summed E-state index contributed by atoms with van der Waals surface area (Å²) in [6.45, 7) is 2.56. The quantitative estimate of drug-likeness (QED) is 0.728. The number of carbonyl (C=O) groups excluding carboxylic acids is 1. The molecule has 6 heteroatoms. The standard InChI is InChI=1S/C21H23N3O3/c1-14-9-17(13-27-14)21(26)23-18-10-15(11-19(18)25)12-24-8-7-22-20(24)16-5-3-2-4-6-16/h2-9,13,15,18-19,25H,10-12H2,1H3,(H,23,26)/t15?,18-,19-/m1/s1. The molecule has 2 N–H and O–H groups in total. The first-order valence-corrected chi connectivity index (χ1v) is 9.21. The van der Waals surface area contributed by atoms with Gasteiger partial charge in [0.25, 0.3) is 5.91 Å². The number of imidazole rings is 1. The van der Waals surface area contributed by atoms with E-state index in [1.807, 2.05) is 36.5 Å². The zero-order valence-electron chi connectivity index (χ0n) is 15.2. The molecule has 0 saturated heterocycles. The second-order valence-corrected chi connectivity index (χ2v) is 7.20. The van der Waals surface area contributed by atoms with Crippen LogP contribution in [0.15, 0.2) is 59.5 Å². The number of carbonyl (C=O) groups is 1. The second kappa shape index (κ2) is 7.40. The van der Waals surface area contributed by atoms with Crippen molar-refractivity contribution >= 4 is 5.91 Å². The highest BCUT2D eigenvalue weighted by atomic mass is 16.3. The third-order valence-electron chi connectivity index (χ3n) is 5.14. The van der Waals surface area contributed by atoms with Crippen molar-refractivity contribution in [3.05, 3.63) is 66.4 Å². The summed E-state index contributed by atoms with van der Waals surface area (Å²) in [6.07, 6.45) is 6.05. The lowest BCUT2D eigenvalue weighted by Gasteiger charge is -2.16. The smallest absolute Gasteiger partial charge is 0.254 e. The van der Waals surface area contributed by atoms with Gasteiger partial charge in [-0.15, -0.1) is 0 Å². The van der Waals surface area contributed by atoms with E-state index < -0.39 is 6.10 Å². The predicted molar refractivity (Wildman–Crippen MR) is 101 cm³/mol. The van der Waals surface area contributed by atoms with E-state index in [2.05, 4.69) is 14.9 Å². The fourth-order valence-electron chi connectivity index (χ4n) is 3.82. The molecule has 0 bridgehead atoms. The van der Waals surface area contributed by atoms with Gasteiger partial charge in [-0.2, -0.15) is 0 Å². The average molecular weight is 365 g/mol. The number of nitrogens with zero attached hydrogens (tertiary/aromatic N) is 2. The number of rotatable bonds is 5. The van der Waals surface area contributed by atoms with Crippen LogP contribution in [0.1, 0.15) is 29.0 Å². The Morgan fingerprint density at radius 2 is 2.15 bits per heavy atom. The van der Waals surface area contributed by atoms with Gasteiger partial charge in [-0.1, -0.05) is 30.3 Å². The van der Waals surface area contributed by atoms with E-state index in [1.165, 1.54) is 6.26 Å². The van der Waals surface area contributed by atoms with Gasteiger partial charge < -0.3 is 19.4 Å². The maximum absolute atomic E-state index is 12.3. The van der Waals surface area contributed by atoms with E-state index in [4.69, 9.17) is 4.42 Å². The molecule has 1 aromatic carbocycles. The Labute approximate surface area is 157 Å². The van der Waals surface area contributed by atoms with E-state index in [1.54, 1.807) is 19.2 Å². The average Bonchev–Trinajstić information content (AvgIpc) is 3.37. The van der Waals surface area contributed by atoms with Crippen molar-refractivity contribution in [2.45, 2.75) is 38.5 Å². The molecular formula is C21H23N3O3. The highest BCUT2D eigenvalue weighted by Gasteiger charge is 2.34. The van der Waals surface area contributed by atoms with Gasteiger partial charge in [0.2, 0.25) is 0 Å². The van der Waals surface area contributed by atoms with Gasteiger partial charge in [0.15, 0.2) is 0 Å². The predicted octanol–water partition coefficient (Wildman–Crippen LogP) is 3.02. The molecule has 4 rings (SSSR count). The first-order valence-electron chi connectivity index (χ1n) is 9.21. The molecule has 27 heavy (non-hydrogen) atoms. The van der Waals surface area contributed by atoms with Crippen molar-refractivity contribution < 1.29 is 14.3 Å². The third-order valence-corrected chi connectivity index (χ3v) is 5.14. The van der Waals surface area contributed by atoms with Crippen molar-refractivity contribution in [2.75, 3.05) is 0 Å². The maximum Gasteiger partial charge on any atom is 0.254 e. The van der Waals surface area contributed by atoms with Gasteiger partial charge in [-0.25, -0.2) is 4.98 Å². The topological polar surface area (TPSA) is 80.3 Å². The first-order chi connectivity index (χ1) is 13.1. The van der Waals surface area contributed by atoms with E-state index in [9.17, 15) is 9.90 Å². The summed E-state index contributed by atoms with van der Waals surface area (Å²) < 4.78 is 7.31. The van der Waals surface area contributed by atoms with Crippen molar-refractivity contribution in [1.82, 2.24) is 14.9 Å². The summed E-state index contributed by atoms with van der Waals surface area (Å²) in [7, 11) is 0. The van der Waals surface area contributed by atoms with Crippen LogP contribution in [0.3, 0.4) is 0 Å². The van der Waals surface area contributed by atoms with Crippen molar-refractivity contribution in [2.24, 2.45) is 5.92 Å². The van der Waals surface area contributed by atoms with Crippen LogP contribution in [-0.2, 0) is 6.54 Å². The van der Waals surface area contributed by atoms with Gasteiger partial charge in [0, 0.05) is 24.5 Å². The number of furan rings is 1. The minimum Gasteiger partial charge on any atom is -0.469 e. The lowest BCUT2D eigenvalue weighted by molar-refractivity contribution is 0.0872. The van der Waals surface area contributed by atoms with Gasteiger partial charge in [0.05, 0.1) is 17.7 Å². The van der Waals surface area contributed by atoms with Crippen LogP contribution in [0.5, 0.6) is 0 Å². The Morgan fingerprint density at radius 1 is 1.33 bits per heavy atom. The number of hydrogen-bond donors (Lipinski definition) is 2. The molecule has 0 aliphatic heterocycles. The lowest BCUT2D eigenvalue weighted by Crippen LogP contribution is -2.39. The molecule has 2 heterocycles. The summed E-state index contributed by atoms with van der Waals surface area (Å²) in [5.74, 6) is 1.68. The molecule has 0 spiro atoms. The summed E-state index contributed by atoms with van der Waals surface area (Å²) in [6, 6.07) is 11.5. The molecule has 140 valence electrons. The van der Waals surface area contributed by atoms with E-state index in [-0.39, 0.29) is 17.9 Å². The highest BCUT2D eigenvalue weighted by molar-refractivity contribution is 5.94. The Morgan fingerprint density at radius 3 is 2.89 bits per heavy atom. The van der Waals surface area contributed by atoms with Crippen molar-refractivity contribution in [3.8, 4) is 11.4 Å². The van der Waals surface area contributed by atoms with Crippen LogP contribution in [-0.4, -0.2) is 32.7 Å².